The standard InChI is InChI=1S/C46H32Cl2F2N12O/c1-59-42-31(47)13-11-26(38(42)57-45(59)53)29-19-54-61(3)40(29)35-28(18-51)24-10-9-23(15-22(24)17-33(35)49)56-46-58-39-27(12-14-32(48)43(39)60(46)2)30-20-55-62(4)41(30)37-34(50)16-21-7-5-6-8-25(21)36(37)44(52)63/h5-17,19-20H,1-4H3,(H2,52,63)(H2,53,57)(H,56,58). The van der Waals surface area contributed by atoms with Crippen LogP contribution in [-0.4, -0.2) is 44.6 Å². The minimum absolute atomic E-state index is 0.0113. The molecule has 0 fully saturated rings. The Kier molecular flexibility index (Phi) is 8.99. The smallest absolute Gasteiger partial charge is 0.250 e. The summed E-state index contributed by atoms with van der Waals surface area (Å²) in [5.41, 5.74) is 17.9. The number of carbonyl (C=O) groups is 1. The number of rotatable bonds is 7. The van der Waals surface area contributed by atoms with Crippen molar-refractivity contribution in [2.45, 2.75) is 0 Å². The summed E-state index contributed by atoms with van der Waals surface area (Å²) >= 11 is 13.4. The Morgan fingerprint density at radius 1 is 0.714 bits per heavy atom. The van der Waals surface area contributed by atoms with Gasteiger partial charge in [0.15, 0.2) is 0 Å². The van der Waals surface area contributed by atoms with Gasteiger partial charge in [-0.1, -0.05) is 65.7 Å². The number of hydrogen-bond acceptors (Lipinski definition) is 8. The number of nitrogens with zero attached hydrogens (tertiary/aromatic N) is 9. The fourth-order valence-electron chi connectivity index (χ4n) is 8.70. The molecule has 17 heteroatoms. The lowest BCUT2D eigenvalue weighted by Gasteiger charge is -2.15. The highest BCUT2D eigenvalue weighted by atomic mass is 35.5. The van der Waals surface area contributed by atoms with Crippen molar-refractivity contribution in [3.8, 4) is 50.8 Å². The molecule has 310 valence electrons. The van der Waals surface area contributed by atoms with E-state index in [4.69, 9.17) is 39.7 Å². The Morgan fingerprint density at radius 2 is 1.30 bits per heavy atom. The van der Waals surface area contributed by atoms with E-state index in [0.29, 0.717) is 98.9 Å². The lowest BCUT2D eigenvalue weighted by molar-refractivity contribution is 0.100. The summed E-state index contributed by atoms with van der Waals surface area (Å²) in [5.74, 6) is -1.44. The summed E-state index contributed by atoms with van der Waals surface area (Å²) in [6.45, 7) is 0. The van der Waals surface area contributed by atoms with Crippen LogP contribution in [0.3, 0.4) is 0 Å². The Morgan fingerprint density at radius 3 is 1.95 bits per heavy atom. The molecule has 10 rings (SSSR count). The summed E-state index contributed by atoms with van der Waals surface area (Å²) in [7, 11) is 6.88. The minimum atomic E-state index is -0.788. The van der Waals surface area contributed by atoms with Crippen LogP contribution in [-0.2, 0) is 28.2 Å². The Balaban J connectivity index is 1.07. The molecule has 0 unspecified atom stereocenters. The van der Waals surface area contributed by atoms with E-state index in [0.717, 1.165) is 0 Å². The number of nitrogens with one attached hydrogen (secondary N) is 1. The van der Waals surface area contributed by atoms with Gasteiger partial charge in [0.05, 0.1) is 61.6 Å². The van der Waals surface area contributed by atoms with E-state index in [1.54, 1.807) is 116 Å². The zero-order valence-corrected chi connectivity index (χ0v) is 35.3. The molecule has 0 aliphatic carbocycles. The van der Waals surface area contributed by atoms with Gasteiger partial charge >= 0.3 is 0 Å². The second kappa shape index (κ2) is 14.4. The zero-order chi connectivity index (χ0) is 44.2. The average Bonchev–Trinajstić information content (AvgIpc) is 4.00. The number of hydrogen-bond donors (Lipinski definition) is 3. The fraction of sp³-hybridized carbons (Fsp3) is 0.0870. The molecule has 10 aromatic rings. The SMILES string of the molecule is Cn1ncc(-c2ccc(Cl)c3c2nc(N)n3C)c1-c1c(F)cc2cc(Nc3nc4c(-c5cnn(C)c5-c5c(F)cc6ccccc6c5C(N)=O)ccc(Cl)c4n3C)ccc2c1C#N. The molecule has 6 aromatic carbocycles. The molecule has 0 radical (unpaired) electrons. The van der Waals surface area contributed by atoms with Crippen LogP contribution in [0.25, 0.3) is 88.4 Å². The summed E-state index contributed by atoms with van der Waals surface area (Å²) in [6.07, 6.45) is 3.18. The summed E-state index contributed by atoms with van der Waals surface area (Å²) in [4.78, 5) is 22.5. The van der Waals surface area contributed by atoms with Crippen molar-refractivity contribution in [1.82, 2.24) is 38.7 Å². The van der Waals surface area contributed by atoms with E-state index in [-0.39, 0.29) is 28.2 Å². The van der Waals surface area contributed by atoms with Crippen LogP contribution in [0.15, 0.2) is 91.3 Å². The topological polar surface area (TPSA) is 176 Å². The normalized spacial score (nSPS) is 11.7. The number of carbonyl (C=O) groups excluding carboxylic acids is 1. The van der Waals surface area contributed by atoms with Crippen molar-refractivity contribution in [1.29, 1.82) is 5.26 Å². The molecule has 63 heavy (non-hydrogen) atoms. The van der Waals surface area contributed by atoms with Crippen LogP contribution in [0.5, 0.6) is 0 Å². The first-order chi connectivity index (χ1) is 30.3. The maximum atomic E-state index is 16.6. The number of benzene rings is 6. The summed E-state index contributed by atoms with van der Waals surface area (Å²) in [5, 5.41) is 25.7. The molecule has 4 heterocycles. The lowest BCUT2D eigenvalue weighted by Crippen LogP contribution is -2.15. The van der Waals surface area contributed by atoms with Crippen molar-refractivity contribution < 1.29 is 13.6 Å². The third-order valence-electron chi connectivity index (χ3n) is 11.6. The van der Waals surface area contributed by atoms with Gasteiger partial charge < -0.3 is 25.9 Å². The predicted octanol–water partition coefficient (Wildman–Crippen LogP) is 9.78. The second-order valence-corrected chi connectivity index (χ2v) is 16.0. The second-order valence-electron chi connectivity index (χ2n) is 15.1. The number of halogens is 4. The van der Waals surface area contributed by atoms with Crippen LogP contribution in [0.4, 0.5) is 26.4 Å². The highest BCUT2D eigenvalue weighted by Crippen LogP contribution is 2.44. The maximum Gasteiger partial charge on any atom is 0.250 e. The minimum Gasteiger partial charge on any atom is -0.369 e. The molecule has 4 aromatic heterocycles. The number of nitrogen functional groups attached to an aromatic ring is 1. The Hall–Kier alpha value is -7.80. The molecule has 5 N–H and O–H groups in total. The fourth-order valence-corrected chi connectivity index (χ4v) is 9.26. The molecular formula is C46H32Cl2F2N12O. The summed E-state index contributed by atoms with van der Waals surface area (Å²) < 4.78 is 39.3. The van der Waals surface area contributed by atoms with Gasteiger partial charge in [-0.2, -0.15) is 15.5 Å². The van der Waals surface area contributed by atoms with Crippen LogP contribution in [0.1, 0.15) is 15.9 Å². The van der Waals surface area contributed by atoms with Gasteiger partial charge in [0.25, 0.3) is 0 Å². The van der Waals surface area contributed by atoms with E-state index in [1.807, 2.05) is 0 Å². The Bertz CT molecular complexity index is 3670. The predicted molar refractivity (Wildman–Crippen MR) is 243 cm³/mol. The van der Waals surface area contributed by atoms with Crippen molar-refractivity contribution in [3.05, 3.63) is 124 Å². The zero-order valence-electron chi connectivity index (χ0n) is 33.8. The third kappa shape index (κ3) is 5.90. The van der Waals surface area contributed by atoms with Gasteiger partial charge in [-0.3, -0.25) is 14.2 Å². The quantitative estimate of drug-likeness (QED) is 0.142. The van der Waals surface area contributed by atoms with Crippen LogP contribution in [0.2, 0.25) is 10.0 Å². The number of aryl methyl sites for hydroxylation is 4. The maximum absolute atomic E-state index is 16.6. The number of aromatic nitrogens is 8. The molecule has 0 atom stereocenters. The van der Waals surface area contributed by atoms with E-state index in [2.05, 4.69) is 26.6 Å². The molecule has 1 amide bonds. The van der Waals surface area contributed by atoms with E-state index < -0.39 is 17.5 Å². The number of nitriles is 1. The van der Waals surface area contributed by atoms with Gasteiger partial charge in [0, 0.05) is 67.1 Å². The molecule has 0 saturated heterocycles. The van der Waals surface area contributed by atoms with Gasteiger partial charge in [0.1, 0.15) is 28.7 Å². The van der Waals surface area contributed by atoms with Crippen molar-refractivity contribution in [2.24, 2.45) is 33.9 Å². The number of primary amides is 1. The number of nitrogens with two attached hydrogens (primary N) is 2. The first kappa shape index (κ1) is 39.3. The summed E-state index contributed by atoms with van der Waals surface area (Å²) in [6, 6.07) is 24.2. The van der Waals surface area contributed by atoms with Crippen molar-refractivity contribution in [3.63, 3.8) is 0 Å². The number of imidazole rings is 2. The van der Waals surface area contributed by atoms with Gasteiger partial charge in [0.2, 0.25) is 17.8 Å². The molecule has 0 saturated carbocycles. The molecule has 0 aliphatic heterocycles. The van der Waals surface area contributed by atoms with Gasteiger partial charge in [-0.25, -0.2) is 18.7 Å². The Labute approximate surface area is 366 Å². The van der Waals surface area contributed by atoms with E-state index >= 15 is 8.78 Å². The van der Waals surface area contributed by atoms with E-state index in [1.165, 1.54) is 21.5 Å². The monoisotopic (exact) mass is 876 g/mol. The first-order valence-corrected chi connectivity index (χ1v) is 20.1. The van der Waals surface area contributed by atoms with Crippen LogP contribution in [0, 0.1) is 23.0 Å². The molecule has 13 nitrogen and oxygen atoms in total. The van der Waals surface area contributed by atoms with Crippen molar-refractivity contribution in [2.75, 3.05) is 11.1 Å². The van der Waals surface area contributed by atoms with Crippen molar-refractivity contribution >= 4 is 90.3 Å². The highest BCUT2D eigenvalue weighted by molar-refractivity contribution is 6.36. The van der Waals surface area contributed by atoms with Gasteiger partial charge in [-0.05, 0) is 52.6 Å². The number of amides is 1. The molecular weight excluding hydrogens is 845 g/mol. The molecule has 0 spiro atoms. The van der Waals surface area contributed by atoms with Crippen LogP contribution >= 0.6 is 23.2 Å². The van der Waals surface area contributed by atoms with E-state index in [9.17, 15) is 10.1 Å². The first-order valence-electron chi connectivity index (χ1n) is 19.3. The molecule has 0 aliphatic rings. The number of fused-ring (bicyclic) bond motifs is 4. The number of anilines is 3. The highest BCUT2D eigenvalue weighted by Gasteiger charge is 2.28. The van der Waals surface area contributed by atoms with Gasteiger partial charge in [-0.15, -0.1) is 0 Å². The third-order valence-corrected chi connectivity index (χ3v) is 12.2. The average molecular weight is 878 g/mol. The van der Waals surface area contributed by atoms with Crippen LogP contribution < -0.4 is 16.8 Å². The largest absolute Gasteiger partial charge is 0.369 e. The molecule has 0 bridgehead atoms. The lowest BCUT2D eigenvalue weighted by atomic mass is 9.92.